The van der Waals surface area contributed by atoms with Gasteiger partial charge in [-0.05, 0) is 82.2 Å². The number of carboxylic acid groups (broad SMARTS) is 1. The summed E-state index contributed by atoms with van der Waals surface area (Å²) in [7, 11) is 1.52. The molecule has 0 bridgehead atoms. The maximum Gasteiger partial charge on any atom is 0.335 e. The summed E-state index contributed by atoms with van der Waals surface area (Å²) in [5.41, 5.74) is 2.44. The number of rotatable bonds is 8. The molecular weight excluding hydrogens is 682 g/mol. The van der Waals surface area contributed by atoms with E-state index >= 15 is 0 Å². The maximum absolute atomic E-state index is 13.6. The van der Waals surface area contributed by atoms with Crippen LogP contribution in [0.15, 0.2) is 108 Å². The molecule has 6 rings (SSSR count). The van der Waals surface area contributed by atoms with E-state index in [1.54, 1.807) is 42.5 Å². The molecule has 0 aliphatic carbocycles. The minimum absolute atomic E-state index is 0.199. The predicted molar refractivity (Wildman–Crippen MR) is 170 cm³/mol. The van der Waals surface area contributed by atoms with Crippen LogP contribution >= 0.6 is 31.9 Å². The highest BCUT2D eigenvalue weighted by Crippen LogP contribution is 2.34. The second-order valence-corrected chi connectivity index (χ2v) is 11.2. The van der Waals surface area contributed by atoms with Crippen LogP contribution in [0.4, 0.5) is 0 Å². The number of furan rings is 1. The van der Waals surface area contributed by atoms with Gasteiger partial charge in [0.1, 0.15) is 12.2 Å². The summed E-state index contributed by atoms with van der Waals surface area (Å²) in [6.07, 6.45) is 1.53. The Morgan fingerprint density at radius 2 is 1.81 bits per heavy atom. The van der Waals surface area contributed by atoms with E-state index in [9.17, 15) is 9.59 Å². The van der Waals surface area contributed by atoms with E-state index in [0.717, 1.165) is 15.4 Å². The van der Waals surface area contributed by atoms with Crippen molar-refractivity contribution < 1.29 is 23.8 Å². The normalized spacial score (nSPS) is 11.4. The Labute approximate surface area is 261 Å². The number of methoxy groups -OCH3 is 1. The Morgan fingerprint density at radius 3 is 2.58 bits per heavy atom. The largest absolute Gasteiger partial charge is 0.493 e. The molecule has 0 saturated heterocycles. The van der Waals surface area contributed by atoms with Crippen LogP contribution in [0.5, 0.6) is 11.5 Å². The number of nitrogens with zero attached hydrogens (tertiary/aromatic N) is 3. The molecule has 2 aromatic heterocycles. The van der Waals surface area contributed by atoms with Crippen LogP contribution in [0.25, 0.3) is 33.5 Å². The van der Waals surface area contributed by atoms with Crippen molar-refractivity contribution in [2.45, 2.75) is 6.61 Å². The SMILES string of the molecule is COc1cc(C=Nn2c(-c3cc4cc(Br)ccc4o3)nc3ccccc3c2=O)c(Br)cc1OCc1ccc(C(=O)O)cc1. The number of ether oxygens (including phenoxy) is 2. The number of benzene rings is 4. The van der Waals surface area contributed by atoms with E-state index in [-0.39, 0.29) is 23.6 Å². The molecule has 214 valence electrons. The van der Waals surface area contributed by atoms with Gasteiger partial charge in [-0.2, -0.15) is 9.78 Å². The number of aromatic nitrogens is 2. The number of fused-ring (bicyclic) bond motifs is 2. The second-order valence-electron chi connectivity index (χ2n) is 9.42. The van der Waals surface area contributed by atoms with Crippen molar-refractivity contribution in [2.24, 2.45) is 5.10 Å². The lowest BCUT2D eigenvalue weighted by atomic mass is 10.1. The molecule has 0 saturated carbocycles. The van der Waals surface area contributed by atoms with Gasteiger partial charge in [0.05, 0.1) is 29.8 Å². The molecule has 0 aliphatic rings. The van der Waals surface area contributed by atoms with E-state index in [4.69, 9.17) is 24.0 Å². The summed E-state index contributed by atoms with van der Waals surface area (Å²) in [6, 6.07) is 24.4. The number of hydrogen-bond donors (Lipinski definition) is 1. The summed E-state index contributed by atoms with van der Waals surface area (Å²) in [5, 5.41) is 14.9. The molecule has 0 fully saturated rings. The Bertz CT molecular complexity index is 2100. The second kappa shape index (κ2) is 11.9. The smallest absolute Gasteiger partial charge is 0.335 e. The topological polar surface area (TPSA) is 116 Å². The first-order valence-corrected chi connectivity index (χ1v) is 14.5. The Hall–Kier alpha value is -4.74. The first-order valence-electron chi connectivity index (χ1n) is 12.9. The lowest BCUT2D eigenvalue weighted by Crippen LogP contribution is -2.20. The van der Waals surface area contributed by atoms with Crippen molar-refractivity contribution >= 4 is 65.9 Å². The third-order valence-corrected chi connectivity index (χ3v) is 7.82. The minimum atomic E-state index is -0.991. The first kappa shape index (κ1) is 28.4. The average Bonchev–Trinajstić information content (AvgIpc) is 3.43. The maximum atomic E-state index is 13.6. The summed E-state index contributed by atoms with van der Waals surface area (Å²) in [5.74, 6) is 0.565. The van der Waals surface area contributed by atoms with Gasteiger partial charge in [0.15, 0.2) is 17.3 Å². The zero-order valence-corrected chi connectivity index (χ0v) is 25.6. The molecule has 0 atom stereocenters. The van der Waals surface area contributed by atoms with Gasteiger partial charge in [0.25, 0.3) is 5.56 Å². The van der Waals surface area contributed by atoms with Crippen molar-refractivity contribution in [2.75, 3.05) is 7.11 Å². The highest BCUT2D eigenvalue weighted by molar-refractivity contribution is 9.10. The van der Waals surface area contributed by atoms with Gasteiger partial charge in [0.2, 0.25) is 5.82 Å². The Morgan fingerprint density at radius 1 is 1.02 bits per heavy atom. The van der Waals surface area contributed by atoms with Crippen LogP contribution in [-0.4, -0.2) is 34.1 Å². The quantitative estimate of drug-likeness (QED) is 0.163. The van der Waals surface area contributed by atoms with Crippen molar-refractivity contribution in [1.82, 2.24) is 9.66 Å². The van der Waals surface area contributed by atoms with Gasteiger partial charge in [-0.1, -0.05) is 40.2 Å². The molecule has 4 aromatic carbocycles. The number of hydrogen-bond acceptors (Lipinski definition) is 7. The van der Waals surface area contributed by atoms with Gasteiger partial charge in [-0.3, -0.25) is 4.79 Å². The van der Waals surface area contributed by atoms with E-state index < -0.39 is 5.97 Å². The van der Waals surface area contributed by atoms with E-state index in [1.165, 1.54) is 30.1 Å². The fourth-order valence-corrected chi connectivity index (χ4v) is 5.26. The molecule has 0 radical (unpaired) electrons. The average molecular weight is 703 g/mol. The molecule has 11 heteroatoms. The van der Waals surface area contributed by atoms with Gasteiger partial charge in [0, 0.05) is 19.9 Å². The fourth-order valence-electron chi connectivity index (χ4n) is 4.46. The van der Waals surface area contributed by atoms with Gasteiger partial charge < -0.3 is 19.0 Å². The van der Waals surface area contributed by atoms with Crippen LogP contribution in [0, 0.1) is 0 Å². The van der Waals surface area contributed by atoms with Crippen molar-refractivity contribution in [3.05, 3.63) is 121 Å². The summed E-state index contributed by atoms with van der Waals surface area (Å²) in [4.78, 5) is 29.5. The molecule has 0 aliphatic heterocycles. The lowest BCUT2D eigenvalue weighted by Gasteiger charge is -2.13. The van der Waals surface area contributed by atoms with Crippen LogP contribution in [-0.2, 0) is 6.61 Å². The highest BCUT2D eigenvalue weighted by Gasteiger charge is 2.17. The Kier molecular flexibility index (Phi) is 7.83. The molecule has 43 heavy (non-hydrogen) atoms. The van der Waals surface area contributed by atoms with Gasteiger partial charge in [-0.25, -0.2) is 9.78 Å². The number of aromatic carboxylic acids is 1. The molecule has 0 amide bonds. The first-order chi connectivity index (χ1) is 20.8. The van der Waals surface area contributed by atoms with Crippen molar-refractivity contribution in [3.8, 4) is 23.1 Å². The number of halogens is 2. The summed E-state index contributed by atoms with van der Waals surface area (Å²) in [6.45, 7) is 0.200. The van der Waals surface area contributed by atoms with Crippen LogP contribution in [0.2, 0.25) is 0 Å². The van der Waals surface area contributed by atoms with Crippen molar-refractivity contribution in [3.63, 3.8) is 0 Å². The highest BCUT2D eigenvalue weighted by atomic mass is 79.9. The Balaban J connectivity index is 1.36. The number of carbonyl (C=O) groups is 1. The lowest BCUT2D eigenvalue weighted by molar-refractivity contribution is 0.0697. The van der Waals surface area contributed by atoms with E-state index in [2.05, 4.69) is 37.0 Å². The molecule has 2 heterocycles. The molecular formula is C32H21Br2N3O6. The standard InChI is InChI=1S/C32H21Br2N3O6/c1-41-27-14-21(24(34)15-28(27)42-17-18-6-8-19(9-7-18)32(39)40)16-35-37-30(36-25-5-3-2-4-23(25)31(37)38)29-13-20-12-22(33)10-11-26(20)43-29/h2-16H,17H2,1H3,(H,39,40). The molecule has 6 aromatic rings. The molecule has 9 nitrogen and oxygen atoms in total. The van der Waals surface area contributed by atoms with Gasteiger partial charge in [-0.15, -0.1) is 0 Å². The molecule has 1 N–H and O–H groups in total. The van der Waals surface area contributed by atoms with Crippen LogP contribution in [0.1, 0.15) is 21.5 Å². The minimum Gasteiger partial charge on any atom is -0.493 e. The van der Waals surface area contributed by atoms with Crippen LogP contribution in [0.3, 0.4) is 0 Å². The summed E-state index contributed by atoms with van der Waals surface area (Å²) < 4.78 is 20.4. The zero-order chi connectivity index (χ0) is 30.1. The van der Waals surface area contributed by atoms with Crippen LogP contribution < -0.4 is 15.0 Å². The fraction of sp³-hybridized carbons (Fsp3) is 0.0625. The predicted octanol–water partition coefficient (Wildman–Crippen LogP) is 7.50. The van der Waals surface area contributed by atoms with E-state index in [1.807, 2.05) is 30.3 Å². The number of para-hydroxylation sites is 1. The molecule has 0 unspecified atom stereocenters. The monoisotopic (exact) mass is 701 g/mol. The number of carboxylic acids is 1. The molecule has 0 spiro atoms. The third-order valence-electron chi connectivity index (χ3n) is 6.64. The van der Waals surface area contributed by atoms with Gasteiger partial charge >= 0.3 is 5.97 Å². The third kappa shape index (κ3) is 5.81. The zero-order valence-electron chi connectivity index (χ0n) is 22.5. The summed E-state index contributed by atoms with van der Waals surface area (Å²) >= 11 is 7.05. The van der Waals surface area contributed by atoms with Crippen molar-refractivity contribution in [1.29, 1.82) is 0 Å². The van der Waals surface area contributed by atoms with E-state index in [0.29, 0.717) is 43.8 Å².